The second-order valence-electron chi connectivity index (χ2n) is 6.10. The Labute approximate surface area is 134 Å². The van der Waals surface area contributed by atoms with E-state index in [9.17, 15) is 14.4 Å². The number of cyclic esters (lactones) is 1. The number of hydrogen-bond acceptors (Lipinski definition) is 4. The van der Waals surface area contributed by atoms with Crippen molar-refractivity contribution in [3.05, 3.63) is 48.0 Å². The number of carbonyl (C=O) groups excluding carboxylic acids is 3. The highest BCUT2D eigenvalue weighted by atomic mass is 16.5. The summed E-state index contributed by atoms with van der Waals surface area (Å²) in [6.07, 6.45) is 0.689. The second kappa shape index (κ2) is 5.95. The number of carbonyl (C=O) groups is 3. The molecular formula is C19H18O4. The Morgan fingerprint density at radius 2 is 1.87 bits per heavy atom. The number of ketones is 2. The second-order valence-corrected chi connectivity index (χ2v) is 6.10. The van der Waals surface area contributed by atoms with Crippen molar-refractivity contribution < 1.29 is 19.1 Å². The van der Waals surface area contributed by atoms with Crippen LogP contribution in [0.15, 0.2) is 42.5 Å². The molecule has 0 amide bonds. The molecule has 1 heterocycles. The van der Waals surface area contributed by atoms with Gasteiger partial charge in [-0.3, -0.25) is 9.59 Å². The number of benzene rings is 2. The van der Waals surface area contributed by atoms with Crippen molar-refractivity contribution >= 4 is 28.3 Å². The summed E-state index contributed by atoms with van der Waals surface area (Å²) in [4.78, 5) is 36.1. The quantitative estimate of drug-likeness (QED) is 0.629. The zero-order valence-electron chi connectivity index (χ0n) is 13.0. The topological polar surface area (TPSA) is 60.4 Å². The molecule has 1 atom stereocenters. The van der Waals surface area contributed by atoms with Crippen molar-refractivity contribution in [1.29, 1.82) is 0 Å². The van der Waals surface area contributed by atoms with Crippen molar-refractivity contribution in [2.75, 3.05) is 6.61 Å². The van der Waals surface area contributed by atoms with E-state index < -0.39 is 11.4 Å². The third-order valence-corrected chi connectivity index (χ3v) is 4.53. The lowest BCUT2D eigenvalue weighted by Gasteiger charge is -2.23. The lowest BCUT2D eigenvalue weighted by Crippen LogP contribution is -2.36. The summed E-state index contributed by atoms with van der Waals surface area (Å²) in [6.45, 7) is 1.28. The van der Waals surface area contributed by atoms with Gasteiger partial charge in [-0.2, -0.15) is 0 Å². The minimum Gasteiger partial charge on any atom is -0.457 e. The molecule has 118 valence electrons. The normalized spacial score (nSPS) is 20.7. The van der Waals surface area contributed by atoms with E-state index in [1.807, 2.05) is 42.5 Å². The summed E-state index contributed by atoms with van der Waals surface area (Å²) in [6, 6.07) is 13.7. The van der Waals surface area contributed by atoms with Gasteiger partial charge in [0.15, 0.2) is 12.4 Å². The van der Waals surface area contributed by atoms with E-state index in [-0.39, 0.29) is 37.4 Å². The van der Waals surface area contributed by atoms with Gasteiger partial charge in [0.2, 0.25) is 0 Å². The third kappa shape index (κ3) is 2.77. The summed E-state index contributed by atoms with van der Waals surface area (Å²) >= 11 is 0. The fourth-order valence-electron chi connectivity index (χ4n) is 3.18. The van der Waals surface area contributed by atoms with Crippen LogP contribution in [0.2, 0.25) is 0 Å². The first-order chi connectivity index (χ1) is 11.0. The molecule has 4 nitrogen and oxygen atoms in total. The smallest absolute Gasteiger partial charge is 0.320 e. The molecule has 0 aliphatic carbocycles. The van der Waals surface area contributed by atoms with Gasteiger partial charge in [0.25, 0.3) is 0 Å². The van der Waals surface area contributed by atoms with E-state index in [2.05, 4.69) is 0 Å². The largest absolute Gasteiger partial charge is 0.457 e. The fourth-order valence-corrected chi connectivity index (χ4v) is 3.18. The van der Waals surface area contributed by atoms with E-state index in [0.29, 0.717) is 0 Å². The zero-order chi connectivity index (χ0) is 16.4. The van der Waals surface area contributed by atoms with Crippen molar-refractivity contribution in [2.45, 2.75) is 26.2 Å². The van der Waals surface area contributed by atoms with Crippen LogP contribution >= 0.6 is 0 Å². The molecular weight excluding hydrogens is 292 g/mol. The molecule has 0 aromatic heterocycles. The van der Waals surface area contributed by atoms with E-state index in [1.54, 1.807) is 0 Å². The number of Topliss-reactive ketones (excluding diaryl/α,β-unsaturated/α-hetero) is 2. The van der Waals surface area contributed by atoms with Crippen molar-refractivity contribution in [2.24, 2.45) is 5.41 Å². The molecule has 1 aliphatic heterocycles. The van der Waals surface area contributed by atoms with Crippen molar-refractivity contribution in [1.82, 2.24) is 0 Å². The molecule has 0 N–H and O–H groups in total. The molecule has 0 spiro atoms. The fraction of sp³-hybridized carbons (Fsp3) is 0.316. The Bertz CT molecular complexity index is 770. The van der Waals surface area contributed by atoms with Crippen molar-refractivity contribution in [3.8, 4) is 0 Å². The van der Waals surface area contributed by atoms with Crippen LogP contribution in [0.3, 0.4) is 0 Å². The van der Waals surface area contributed by atoms with E-state index in [0.717, 1.165) is 16.3 Å². The van der Waals surface area contributed by atoms with E-state index in [4.69, 9.17) is 4.74 Å². The summed E-state index contributed by atoms with van der Waals surface area (Å²) in [5.41, 5.74) is -0.297. The summed E-state index contributed by atoms with van der Waals surface area (Å²) in [5.74, 6) is -0.761. The van der Waals surface area contributed by atoms with Gasteiger partial charge in [0.05, 0.1) is 0 Å². The monoisotopic (exact) mass is 310 g/mol. The number of esters is 1. The summed E-state index contributed by atoms with van der Waals surface area (Å²) in [7, 11) is 0. The van der Waals surface area contributed by atoms with E-state index >= 15 is 0 Å². The first-order valence-electron chi connectivity index (χ1n) is 7.69. The predicted octanol–water partition coefficient (Wildman–Crippen LogP) is 2.86. The Morgan fingerprint density at radius 3 is 2.57 bits per heavy atom. The molecule has 0 saturated carbocycles. The Hall–Kier alpha value is -2.49. The average molecular weight is 310 g/mol. The molecule has 0 radical (unpaired) electrons. The maximum absolute atomic E-state index is 12.4. The SMILES string of the molecule is CC(=O)CC[C@@]1(Cc2cccc3ccccc23)C(=O)COC1=O. The van der Waals surface area contributed by atoms with E-state index in [1.165, 1.54) is 6.92 Å². The van der Waals surface area contributed by atoms with Gasteiger partial charge in [-0.15, -0.1) is 0 Å². The highest BCUT2D eigenvalue weighted by Crippen LogP contribution is 2.37. The summed E-state index contributed by atoms with van der Waals surface area (Å²) in [5, 5.41) is 2.08. The van der Waals surface area contributed by atoms with Gasteiger partial charge in [0.1, 0.15) is 11.2 Å². The standard InChI is InChI=1S/C19H18O4/c1-13(20)9-10-19(17(21)12-23-18(19)22)11-15-7-4-6-14-5-2-3-8-16(14)15/h2-8H,9-12H2,1H3/t19-/m1/s1. The maximum Gasteiger partial charge on any atom is 0.320 e. The number of rotatable bonds is 5. The first-order valence-corrected chi connectivity index (χ1v) is 7.69. The molecule has 0 bridgehead atoms. The van der Waals surface area contributed by atoms with Crippen LogP contribution in [-0.2, 0) is 25.5 Å². The molecule has 1 aliphatic rings. The molecule has 4 heteroatoms. The third-order valence-electron chi connectivity index (χ3n) is 4.53. The van der Waals surface area contributed by atoms with Gasteiger partial charge in [0, 0.05) is 6.42 Å². The van der Waals surface area contributed by atoms with Crippen molar-refractivity contribution in [3.63, 3.8) is 0 Å². The van der Waals surface area contributed by atoms with Gasteiger partial charge < -0.3 is 9.53 Å². The van der Waals surface area contributed by atoms with Crippen LogP contribution in [0.1, 0.15) is 25.3 Å². The van der Waals surface area contributed by atoms with Gasteiger partial charge >= 0.3 is 5.97 Å². The first kappa shape index (κ1) is 15.4. The molecule has 1 fully saturated rings. The maximum atomic E-state index is 12.4. The lowest BCUT2D eigenvalue weighted by atomic mass is 9.74. The average Bonchev–Trinajstić information content (AvgIpc) is 2.82. The number of hydrogen-bond donors (Lipinski definition) is 0. The van der Waals surface area contributed by atoms with Gasteiger partial charge in [-0.05, 0) is 36.1 Å². The van der Waals surface area contributed by atoms with Crippen LogP contribution in [0.25, 0.3) is 10.8 Å². The highest BCUT2D eigenvalue weighted by molar-refractivity contribution is 6.09. The minimum atomic E-state index is -1.23. The lowest BCUT2D eigenvalue weighted by molar-refractivity contribution is -0.147. The molecule has 0 unspecified atom stereocenters. The predicted molar refractivity (Wildman–Crippen MR) is 86.0 cm³/mol. The van der Waals surface area contributed by atoms with Gasteiger partial charge in [-0.1, -0.05) is 42.5 Å². The number of ether oxygens (including phenoxy) is 1. The van der Waals surface area contributed by atoms with Gasteiger partial charge in [-0.25, -0.2) is 0 Å². The molecule has 3 rings (SSSR count). The molecule has 2 aromatic carbocycles. The zero-order valence-corrected chi connectivity index (χ0v) is 13.0. The minimum absolute atomic E-state index is 0.0326. The summed E-state index contributed by atoms with van der Waals surface area (Å²) < 4.78 is 5.00. The molecule has 23 heavy (non-hydrogen) atoms. The number of fused-ring (bicyclic) bond motifs is 1. The van der Waals surface area contributed by atoms with Crippen LogP contribution < -0.4 is 0 Å². The molecule has 1 saturated heterocycles. The van der Waals surface area contributed by atoms with Crippen LogP contribution in [-0.4, -0.2) is 24.1 Å². The highest BCUT2D eigenvalue weighted by Gasteiger charge is 2.51. The Kier molecular flexibility index (Phi) is 3.99. The van der Waals surface area contributed by atoms with Crippen LogP contribution in [0.4, 0.5) is 0 Å². The Morgan fingerprint density at radius 1 is 1.13 bits per heavy atom. The van der Waals surface area contributed by atoms with Crippen LogP contribution in [0.5, 0.6) is 0 Å². The molecule has 2 aromatic rings. The Balaban J connectivity index is 2.02. The van der Waals surface area contributed by atoms with Crippen LogP contribution in [0, 0.1) is 5.41 Å².